The molecule has 2 aromatic carbocycles. The maximum absolute atomic E-state index is 12.5. The summed E-state index contributed by atoms with van der Waals surface area (Å²) in [6.07, 6.45) is 0.508. The predicted octanol–water partition coefficient (Wildman–Crippen LogP) is 3.07. The van der Waals surface area contributed by atoms with Crippen LogP contribution in [0.1, 0.15) is 27.6 Å². The molecule has 0 aliphatic carbocycles. The molecule has 1 heterocycles. The number of Topliss-reactive ketones (excluding diaryl/α,β-unsaturated/α-hetero) is 1. The quantitative estimate of drug-likeness (QED) is 0.938. The summed E-state index contributed by atoms with van der Waals surface area (Å²) in [7, 11) is 0. The molecule has 0 radical (unpaired) electrons. The Morgan fingerprint density at radius 2 is 1.67 bits per heavy atom. The van der Waals surface area contributed by atoms with E-state index in [1.54, 1.807) is 18.2 Å². The summed E-state index contributed by atoms with van der Waals surface area (Å²) in [5.74, 6) is -1.30. The lowest BCUT2D eigenvalue weighted by Gasteiger charge is -2.12. The number of hydrogen-bond donors (Lipinski definition) is 1. The van der Waals surface area contributed by atoms with E-state index in [0.717, 1.165) is 5.56 Å². The second-order valence-corrected chi connectivity index (χ2v) is 4.67. The molecule has 0 aromatic heterocycles. The maximum Gasteiger partial charge on any atom is 0.336 e. The zero-order valence-corrected chi connectivity index (χ0v) is 11.0. The highest BCUT2D eigenvalue weighted by Crippen LogP contribution is 2.34. The molecule has 0 saturated heterocycles. The topological polar surface area (TPSA) is 63.6 Å². The van der Waals surface area contributed by atoms with Gasteiger partial charge in [0.1, 0.15) is 0 Å². The number of carboxylic acid groups (broad SMARTS) is 1. The van der Waals surface area contributed by atoms with Gasteiger partial charge in [-0.05, 0) is 11.6 Å². The average molecular weight is 280 g/mol. The Morgan fingerprint density at radius 3 is 2.38 bits per heavy atom. The summed E-state index contributed by atoms with van der Waals surface area (Å²) in [6.45, 7) is 0. The van der Waals surface area contributed by atoms with Crippen LogP contribution < -0.4 is 0 Å². The maximum atomic E-state index is 12.5. The van der Waals surface area contributed by atoms with Gasteiger partial charge in [-0.25, -0.2) is 4.79 Å². The molecule has 0 saturated carbocycles. The highest BCUT2D eigenvalue weighted by atomic mass is 16.5. The Balaban J connectivity index is 1.95. The highest BCUT2D eigenvalue weighted by molar-refractivity contribution is 6.24. The van der Waals surface area contributed by atoms with Crippen molar-refractivity contribution in [2.75, 3.05) is 0 Å². The van der Waals surface area contributed by atoms with E-state index >= 15 is 0 Å². The van der Waals surface area contributed by atoms with Crippen LogP contribution in [0.2, 0.25) is 0 Å². The van der Waals surface area contributed by atoms with Gasteiger partial charge in [-0.3, -0.25) is 4.79 Å². The van der Waals surface area contributed by atoms with E-state index in [1.165, 1.54) is 12.3 Å². The van der Waals surface area contributed by atoms with E-state index in [9.17, 15) is 14.7 Å². The summed E-state index contributed by atoms with van der Waals surface area (Å²) in [5, 5.41) is 9.21. The summed E-state index contributed by atoms with van der Waals surface area (Å²) in [5.41, 5.74) is 1.68. The van der Waals surface area contributed by atoms with E-state index < -0.39 is 12.1 Å². The molecule has 0 spiro atoms. The van der Waals surface area contributed by atoms with Gasteiger partial charge in [0.2, 0.25) is 5.78 Å². The molecule has 21 heavy (non-hydrogen) atoms. The molecule has 0 bridgehead atoms. The largest absolute Gasteiger partial charge is 0.484 e. The zero-order chi connectivity index (χ0) is 14.8. The molecule has 1 aliphatic heterocycles. The van der Waals surface area contributed by atoms with Crippen LogP contribution in [0.4, 0.5) is 0 Å². The van der Waals surface area contributed by atoms with Crippen LogP contribution in [0, 0.1) is 0 Å². The smallest absolute Gasteiger partial charge is 0.336 e. The fourth-order valence-corrected chi connectivity index (χ4v) is 2.36. The number of aromatic carboxylic acids is 1. The standard InChI is InChI=1S/C17H12O4/c18-15-14(11-6-2-1-3-7-11)10-21-16(15)12-8-4-5-9-13(12)17(19)20/h1-10,16H,(H,19,20). The number of hydrogen-bond acceptors (Lipinski definition) is 3. The lowest BCUT2D eigenvalue weighted by Crippen LogP contribution is -2.14. The van der Waals surface area contributed by atoms with Gasteiger partial charge in [0.25, 0.3) is 0 Å². The summed E-state index contributed by atoms with van der Waals surface area (Å²) in [4.78, 5) is 23.7. The molecule has 4 nitrogen and oxygen atoms in total. The van der Waals surface area contributed by atoms with Gasteiger partial charge in [0.05, 0.1) is 17.4 Å². The molecule has 4 heteroatoms. The van der Waals surface area contributed by atoms with E-state index in [4.69, 9.17) is 4.74 Å². The molecule has 1 aliphatic rings. The Morgan fingerprint density at radius 1 is 1.00 bits per heavy atom. The summed E-state index contributed by atoms with van der Waals surface area (Å²) < 4.78 is 5.43. The van der Waals surface area contributed by atoms with Crippen molar-refractivity contribution in [1.29, 1.82) is 0 Å². The van der Waals surface area contributed by atoms with Crippen LogP contribution in [0.15, 0.2) is 60.9 Å². The monoisotopic (exact) mass is 280 g/mol. The second-order valence-electron chi connectivity index (χ2n) is 4.67. The molecular weight excluding hydrogens is 268 g/mol. The fourth-order valence-electron chi connectivity index (χ4n) is 2.36. The number of carboxylic acids is 1. The van der Waals surface area contributed by atoms with E-state index in [1.807, 2.05) is 30.3 Å². The lowest BCUT2D eigenvalue weighted by molar-refractivity contribution is -0.119. The van der Waals surface area contributed by atoms with Crippen molar-refractivity contribution in [1.82, 2.24) is 0 Å². The summed E-state index contributed by atoms with van der Waals surface area (Å²) >= 11 is 0. The van der Waals surface area contributed by atoms with Crippen molar-refractivity contribution in [2.45, 2.75) is 6.10 Å². The first-order valence-corrected chi connectivity index (χ1v) is 6.46. The molecule has 104 valence electrons. The molecular formula is C17H12O4. The van der Waals surface area contributed by atoms with Gasteiger partial charge in [-0.2, -0.15) is 0 Å². The molecule has 3 rings (SSSR count). The zero-order valence-electron chi connectivity index (χ0n) is 11.0. The third-order valence-corrected chi connectivity index (χ3v) is 3.38. The molecule has 2 aromatic rings. The molecule has 1 N–H and O–H groups in total. The van der Waals surface area contributed by atoms with Crippen LogP contribution >= 0.6 is 0 Å². The Hall–Kier alpha value is -2.88. The van der Waals surface area contributed by atoms with Crippen LogP contribution in [0.25, 0.3) is 5.57 Å². The minimum Gasteiger partial charge on any atom is -0.484 e. The minimum absolute atomic E-state index is 0.0820. The van der Waals surface area contributed by atoms with Crippen LogP contribution in [0.5, 0.6) is 0 Å². The van der Waals surface area contributed by atoms with Gasteiger partial charge in [-0.1, -0.05) is 48.5 Å². The van der Waals surface area contributed by atoms with Crippen molar-refractivity contribution in [3.8, 4) is 0 Å². The van der Waals surface area contributed by atoms with Gasteiger partial charge < -0.3 is 9.84 Å². The molecule has 1 unspecified atom stereocenters. The fraction of sp³-hybridized carbons (Fsp3) is 0.0588. The van der Waals surface area contributed by atoms with Gasteiger partial charge in [0, 0.05) is 5.56 Å². The minimum atomic E-state index is -1.07. The second kappa shape index (κ2) is 5.25. The van der Waals surface area contributed by atoms with Crippen molar-refractivity contribution in [3.05, 3.63) is 77.5 Å². The third-order valence-electron chi connectivity index (χ3n) is 3.38. The van der Waals surface area contributed by atoms with Crippen molar-refractivity contribution in [2.24, 2.45) is 0 Å². The molecule has 0 fully saturated rings. The Bertz CT molecular complexity index is 731. The first-order chi connectivity index (χ1) is 10.2. The van der Waals surface area contributed by atoms with Gasteiger partial charge in [0.15, 0.2) is 6.10 Å². The predicted molar refractivity (Wildman–Crippen MR) is 76.7 cm³/mol. The Labute approximate surface area is 121 Å². The van der Waals surface area contributed by atoms with Crippen LogP contribution in [-0.4, -0.2) is 16.9 Å². The Kier molecular flexibility index (Phi) is 3.28. The molecule has 0 amide bonds. The van der Waals surface area contributed by atoms with E-state index in [2.05, 4.69) is 0 Å². The number of ether oxygens (including phenoxy) is 1. The molecule has 1 atom stereocenters. The van der Waals surface area contributed by atoms with Gasteiger partial charge >= 0.3 is 5.97 Å². The van der Waals surface area contributed by atoms with Crippen LogP contribution in [0.3, 0.4) is 0 Å². The van der Waals surface area contributed by atoms with Gasteiger partial charge in [-0.15, -0.1) is 0 Å². The normalized spacial score (nSPS) is 17.2. The average Bonchev–Trinajstić information content (AvgIpc) is 2.89. The number of benzene rings is 2. The van der Waals surface area contributed by atoms with Crippen molar-refractivity contribution < 1.29 is 19.4 Å². The SMILES string of the molecule is O=C(O)c1ccccc1C1OC=C(c2ccccc2)C1=O. The lowest BCUT2D eigenvalue weighted by atomic mass is 9.95. The van der Waals surface area contributed by atoms with E-state index in [-0.39, 0.29) is 11.3 Å². The number of rotatable bonds is 3. The highest BCUT2D eigenvalue weighted by Gasteiger charge is 2.33. The van der Waals surface area contributed by atoms with Crippen molar-refractivity contribution >= 4 is 17.3 Å². The van der Waals surface area contributed by atoms with Crippen LogP contribution in [-0.2, 0) is 9.53 Å². The first-order valence-electron chi connectivity index (χ1n) is 6.46. The number of carbonyl (C=O) groups is 2. The summed E-state index contributed by atoms with van der Waals surface area (Å²) in [6, 6.07) is 15.6. The van der Waals surface area contributed by atoms with E-state index in [0.29, 0.717) is 11.1 Å². The van der Waals surface area contributed by atoms with Crippen molar-refractivity contribution in [3.63, 3.8) is 0 Å². The number of ketones is 1. The number of carbonyl (C=O) groups excluding carboxylic acids is 1. The third kappa shape index (κ3) is 2.31. The first kappa shape index (κ1) is 13.1.